The number of rotatable bonds is 64. The average Bonchev–Trinajstić information content (AvgIpc) is 3.46. The van der Waals surface area contributed by atoms with Gasteiger partial charge in [-0.25, -0.2) is 0 Å². The summed E-state index contributed by atoms with van der Waals surface area (Å²) >= 11 is 0. The van der Waals surface area contributed by atoms with Gasteiger partial charge in [-0.1, -0.05) is 347 Å². The second-order valence-electron chi connectivity index (χ2n) is 25.4. The molecule has 1 fully saturated rings. The molecule has 9 heteroatoms. The summed E-state index contributed by atoms with van der Waals surface area (Å²) in [6.07, 6.45) is 71.5. The lowest BCUT2D eigenvalue weighted by molar-refractivity contribution is -0.302. The SMILES string of the molecule is CCCCCCCCCCCCCC/C=C\CCCCCCCCCCCCCCCCCCC(=O)NC(COC1OC(CO)C(O)C(O)C1O)C(O)CCCCCCCCCCCCCCCCCCCCCCCCCCC. The zero-order chi connectivity index (χ0) is 57.9. The van der Waals surface area contributed by atoms with Crippen LogP contribution in [-0.4, -0.2) is 87.5 Å². The Kier molecular flexibility index (Phi) is 58.7. The molecule has 1 aliphatic heterocycles. The molecule has 80 heavy (non-hydrogen) atoms. The van der Waals surface area contributed by atoms with Gasteiger partial charge in [0.1, 0.15) is 24.4 Å². The van der Waals surface area contributed by atoms with E-state index in [-0.39, 0.29) is 12.5 Å². The molecule has 7 atom stereocenters. The van der Waals surface area contributed by atoms with Crippen LogP contribution in [0.5, 0.6) is 0 Å². The fraction of sp³-hybridized carbons (Fsp3) is 0.958. The Morgan fingerprint density at radius 3 is 1.01 bits per heavy atom. The number of unbranched alkanes of at least 4 members (excludes halogenated alkanes) is 52. The number of hydrogen-bond donors (Lipinski definition) is 6. The standard InChI is InChI=1S/C71H139NO8/c1-3-5-7-9-11-13-15-17-19-21-23-25-27-29-30-31-32-33-34-35-37-39-41-43-45-47-49-51-53-55-57-59-61-67(75)72-64(63-79-71-70(78)69(77)68(76)66(62-73)80-71)65(74)60-58-56-54-52-50-48-46-44-42-40-38-36-28-26-24-22-20-18-16-14-12-10-8-6-4-2/h29-30,64-66,68-71,73-74,76-78H,3-28,31-63H2,1-2H3,(H,72,75)/b30-29-. The van der Waals surface area contributed by atoms with Crippen molar-refractivity contribution in [2.75, 3.05) is 13.2 Å². The number of ether oxygens (including phenoxy) is 2. The van der Waals surface area contributed by atoms with Crippen LogP contribution in [0.1, 0.15) is 380 Å². The number of nitrogens with one attached hydrogen (secondary N) is 1. The number of allylic oxidation sites excluding steroid dienone is 2. The van der Waals surface area contributed by atoms with Gasteiger partial charge in [-0.15, -0.1) is 0 Å². The first-order valence-corrected chi connectivity index (χ1v) is 35.9. The van der Waals surface area contributed by atoms with Crippen LogP contribution >= 0.6 is 0 Å². The molecule has 1 saturated heterocycles. The molecule has 1 aliphatic rings. The molecular weight excluding hydrogens is 995 g/mol. The van der Waals surface area contributed by atoms with Crippen molar-refractivity contribution in [1.82, 2.24) is 5.32 Å². The quantitative estimate of drug-likeness (QED) is 0.0261. The van der Waals surface area contributed by atoms with Crippen molar-refractivity contribution in [2.45, 2.75) is 423 Å². The highest BCUT2D eigenvalue weighted by atomic mass is 16.7. The molecular formula is C71H139NO8. The number of carbonyl (C=O) groups excluding carboxylic acids is 1. The summed E-state index contributed by atoms with van der Waals surface area (Å²) in [7, 11) is 0. The minimum absolute atomic E-state index is 0.132. The lowest BCUT2D eigenvalue weighted by atomic mass is 9.99. The third kappa shape index (κ3) is 49.2. The van der Waals surface area contributed by atoms with E-state index in [2.05, 4.69) is 31.3 Å². The van der Waals surface area contributed by atoms with Crippen LogP contribution in [0.4, 0.5) is 0 Å². The van der Waals surface area contributed by atoms with Crippen molar-refractivity contribution in [1.29, 1.82) is 0 Å². The smallest absolute Gasteiger partial charge is 0.220 e. The van der Waals surface area contributed by atoms with Crippen molar-refractivity contribution in [3.8, 4) is 0 Å². The molecule has 9 nitrogen and oxygen atoms in total. The summed E-state index contributed by atoms with van der Waals surface area (Å²) in [5.41, 5.74) is 0. The van der Waals surface area contributed by atoms with Crippen molar-refractivity contribution in [3.63, 3.8) is 0 Å². The van der Waals surface area contributed by atoms with Gasteiger partial charge in [0.2, 0.25) is 5.91 Å². The average molecular weight is 1130 g/mol. The molecule has 1 heterocycles. The Labute approximate surface area is 496 Å². The van der Waals surface area contributed by atoms with Gasteiger partial charge in [0, 0.05) is 6.42 Å². The van der Waals surface area contributed by atoms with E-state index in [4.69, 9.17) is 9.47 Å². The normalized spacial score (nSPS) is 18.4. The van der Waals surface area contributed by atoms with Gasteiger partial charge in [0.25, 0.3) is 0 Å². The Morgan fingerprint density at radius 1 is 0.412 bits per heavy atom. The molecule has 0 aromatic heterocycles. The molecule has 6 N–H and O–H groups in total. The van der Waals surface area contributed by atoms with Gasteiger partial charge >= 0.3 is 0 Å². The van der Waals surface area contributed by atoms with Gasteiger partial charge < -0.3 is 40.3 Å². The maximum atomic E-state index is 13.2. The second-order valence-corrected chi connectivity index (χ2v) is 25.4. The lowest BCUT2D eigenvalue weighted by Crippen LogP contribution is -2.60. The topological polar surface area (TPSA) is 149 Å². The second kappa shape index (κ2) is 61.0. The molecule has 0 aromatic carbocycles. The number of aliphatic hydroxyl groups excluding tert-OH is 5. The Bertz CT molecular complexity index is 1270. The number of aliphatic hydroxyl groups is 5. The molecule has 0 bridgehead atoms. The fourth-order valence-electron chi connectivity index (χ4n) is 12.0. The van der Waals surface area contributed by atoms with Crippen LogP contribution in [0.15, 0.2) is 12.2 Å². The number of carbonyl (C=O) groups is 1. The van der Waals surface area contributed by atoms with Gasteiger partial charge in [-0.3, -0.25) is 4.79 Å². The molecule has 0 spiro atoms. The summed E-state index contributed by atoms with van der Waals surface area (Å²) < 4.78 is 11.4. The van der Waals surface area contributed by atoms with Crippen LogP contribution in [0, 0.1) is 0 Å². The van der Waals surface area contributed by atoms with E-state index in [1.54, 1.807) is 0 Å². The van der Waals surface area contributed by atoms with Crippen LogP contribution in [0.3, 0.4) is 0 Å². The van der Waals surface area contributed by atoms with Crippen LogP contribution in [0.25, 0.3) is 0 Å². The maximum Gasteiger partial charge on any atom is 0.220 e. The maximum absolute atomic E-state index is 13.2. The minimum Gasteiger partial charge on any atom is -0.394 e. The van der Waals surface area contributed by atoms with Crippen LogP contribution < -0.4 is 5.32 Å². The highest BCUT2D eigenvalue weighted by Gasteiger charge is 2.44. The fourth-order valence-corrected chi connectivity index (χ4v) is 12.0. The molecule has 0 aromatic rings. The Hall–Kier alpha value is -1.07. The summed E-state index contributed by atoms with van der Waals surface area (Å²) in [4.78, 5) is 13.2. The predicted molar refractivity (Wildman–Crippen MR) is 341 cm³/mol. The van der Waals surface area contributed by atoms with Crippen LogP contribution in [-0.2, 0) is 14.3 Å². The zero-order valence-corrected chi connectivity index (χ0v) is 53.4. The van der Waals surface area contributed by atoms with Gasteiger partial charge in [-0.2, -0.15) is 0 Å². The van der Waals surface area contributed by atoms with E-state index in [9.17, 15) is 30.3 Å². The monoisotopic (exact) mass is 1130 g/mol. The van der Waals surface area contributed by atoms with Gasteiger partial charge in [0.15, 0.2) is 6.29 Å². The summed E-state index contributed by atoms with van der Waals surface area (Å²) in [6.45, 7) is 3.91. The molecule has 1 amide bonds. The van der Waals surface area contributed by atoms with E-state index in [1.165, 1.54) is 315 Å². The number of amides is 1. The summed E-state index contributed by atoms with van der Waals surface area (Å²) in [6, 6.07) is -0.717. The molecule has 7 unspecified atom stereocenters. The Balaban J connectivity index is 2.09. The summed E-state index contributed by atoms with van der Waals surface area (Å²) in [5, 5.41) is 55.0. The molecule has 0 saturated carbocycles. The van der Waals surface area contributed by atoms with E-state index >= 15 is 0 Å². The minimum atomic E-state index is -1.55. The highest BCUT2D eigenvalue weighted by molar-refractivity contribution is 5.76. The summed E-state index contributed by atoms with van der Waals surface area (Å²) in [5.74, 6) is -0.135. The van der Waals surface area contributed by atoms with Gasteiger partial charge in [-0.05, 0) is 38.5 Å². The van der Waals surface area contributed by atoms with E-state index in [0.717, 1.165) is 38.5 Å². The molecule has 0 radical (unpaired) electrons. The van der Waals surface area contributed by atoms with E-state index in [0.29, 0.717) is 12.8 Å². The van der Waals surface area contributed by atoms with E-state index < -0.39 is 49.5 Å². The number of hydrogen-bond acceptors (Lipinski definition) is 8. The Morgan fingerprint density at radius 2 is 0.700 bits per heavy atom. The van der Waals surface area contributed by atoms with Crippen molar-refractivity contribution >= 4 is 5.91 Å². The molecule has 0 aliphatic carbocycles. The molecule has 1 rings (SSSR count). The van der Waals surface area contributed by atoms with Crippen LogP contribution in [0.2, 0.25) is 0 Å². The first-order chi connectivity index (χ1) is 39.3. The largest absolute Gasteiger partial charge is 0.394 e. The zero-order valence-electron chi connectivity index (χ0n) is 53.4. The van der Waals surface area contributed by atoms with Crippen molar-refractivity contribution < 1.29 is 39.8 Å². The highest BCUT2D eigenvalue weighted by Crippen LogP contribution is 2.24. The lowest BCUT2D eigenvalue weighted by Gasteiger charge is -2.40. The van der Waals surface area contributed by atoms with Crippen molar-refractivity contribution in [2.24, 2.45) is 0 Å². The third-order valence-electron chi connectivity index (χ3n) is 17.6. The first-order valence-electron chi connectivity index (χ1n) is 35.9. The van der Waals surface area contributed by atoms with Gasteiger partial charge in [0.05, 0.1) is 25.4 Å². The predicted octanol–water partition coefficient (Wildman–Crippen LogP) is 19.5. The van der Waals surface area contributed by atoms with Crippen molar-refractivity contribution in [3.05, 3.63) is 12.2 Å². The first kappa shape index (κ1) is 76.9. The third-order valence-corrected chi connectivity index (χ3v) is 17.6. The van der Waals surface area contributed by atoms with E-state index in [1.807, 2.05) is 0 Å². The molecule has 476 valence electrons.